The minimum absolute atomic E-state index is 0.00237. The second kappa shape index (κ2) is 18.1. The van der Waals surface area contributed by atoms with Crippen molar-refractivity contribution in [1.29, 1.82) is 0 Å². The van der Waals surface area contributed by atoms with Gasteiger partial charge in [-0.15, -0.1) is 0 Å². The highest BCUT2D eigenvalue weighted by Gasteiger charge is 2.59. The Balaban J connectivity index is 1.25. The van der Waals surface area contributed by atoms with Crippen molar-refractivity contribution in [1.82, 2.24) is 4.90 Å². The zero-order chi connectivity index (χ0) is 39.0. The molecule has 6 rings (SSSR count). The van der Waals surface area contributed by atoms with Gasteiger partial charge >= 0.3 is 5.97 Å². The van der Waals surface area contributed by atoms with Gasteiger partial charge in [-0.3, -0.25) is 14.4 Å². The molecule has 18 atom stereocenters. The maximum atomic E-state index is 14.7. The van der Waals surface area contributed by atoms with E-state index in [1.165, 1.54) is 0 Å². The number of allylic oxidation sites excluding steroid dienone is 2. The first-order chi connectivity index (χ1) is 25.8. The predicted molar refractivity (Wildman–Crippen MR) is 203 cm³/mol. The second-order valence-electron chi connectivity index (χ2n) is 16.9. The van der Waals surface area contributed by atoms with E-state index in [-0.39, 0.29) is 84.4 Å². The van der Waals surface area contributed by atoms with E-state index in [2.05, 4.69) is 41.8 Å². The third kappa shape index (κ3) is 8.46. The number of likely N-dealkylation sites (N-methyl/N-ethyl adjacent to an activating group) is 1. The number of esters is 1. The minimum Gasteiger partial charge on any atom is -0.462 e. The lowest BCUT2D eigenvalue weighted by Crippen LogP contribution is -2.59. The molecule has 12 nitrogen and oxygen atoms in total. The van der Waals surface area contributed by atoms with Gasteiger partial charge in [0.15, 0.2) is 24.1 Å². The number of carbonyl (C=O) groups is 3. The van der Waals surface area contributed by atoms with Crippen molar-refractivity contribution in [3.8, 4) is 0 Å². The number of Topliss-reactive ketones (excluding diaryl/α,β-unsaturated/α-hetero) is 2. The third-order valence-corrected chi connectivity index (χ3v) is 14.7. The molecule has 0 bridgehead atoms. The van der Waals surface area contributed by atoms with Gasteiger partial charge < -0.3 is 42.8 Å². The molecule has 3 aliphatic carbocycles. The van der Waals surface area contributed by atoms with Crippen LogP contribution in [0.5, 0.6) is 0 Å². The standard InChI is InChI=1S/C41H64BrNO11/c1-10-23-12-11-13-31(54-33-15-14-30(43(5)6)21(3)50-33)20(2)36(45)29-18-26-25-16-24(53-41-40(49-9)39(48-8)38(47-7)22(4)51-41)17-28(25)35(42)37(46)34(26)27(29)19-32(44)52-23/h18,20-28,30-31,33-35,38-41H,10-17,19H2,1-9H3/t20-,21?,22?,23+,24+,25+,26+,27-,28-,30+,31+,33+,34-,35?,38+,39?,40+,41+/m1/s1. The summed E-state index contributed by atoms with van der Waals surface area (Å²) in [4.78, 5) is 44.5. The largest absolute Gasteiger partial charge is 0.462 e. The van der Waals surface area contributed by atoms with Crippen LogP contribution in [0.4, 0.5) is 0 Å². The minimum atomic E-state index is -0.686. The van der Waals surface area contributed by atoms with E-state index in [9.17, 15) is 14.4 Å². The van der Waals surface area contributed by atoms with Crippen molar-refractivity contribution in [3.63, 3.8) is 0 Å². The lowest BCUT2D eigenvalue weighted by atomic mass is 9.65. The number of carbonyl (C=O) groups excluding carboxylic acids is 3. The van der Waals surface area contributed by atoms with Crippen LogP contribution in [-0.2, 0) is 52.3 Å². The van der Waals surface area contributed by atoms with Gasteiger partial charge in [0.05, 0.1) is 35.7 Å². The molecule has 54 heavy (non-hydrogen) atoms. The molecule has 0 amide bonds. The van der Waals surface area contributed by atoms with Crippen LogP contribution in [0.3, 0.4) is 0 Å². The summed E-state index contributed by atoms with van der Waals surface area (Å²) in [5.74, 6) is -2.09. The Morgan fingerprint density at radius 1 is 0.852 bits per heavy atom. The topological polar surface area (TPSA) is 128 Å². The summed E-state index contributed by atoms with van der Waals surface area (Å²) >= 11 is 3.81. The fraction of sp³-hybridized carbons (Fsp3) is 0.878. The van der Waals surface area contributed by atoms with Crippen molar-refractivity contribution in [3.05, 3.63) is 11.6 Å². The molecule has 2 saturated carbocycles. The number of ether oxygens (including phenoxy) is 8. The van der Waals surface area contributed by atoms with Crippen molar-refractivity contribution in [2.45, 2.75) is 158 Å². The molecule has 3 aliphatic heterocycles. The monoisotopic (exact) mass is 825 g/mol. The normalized spacial score (nSPS) is 46.2. The SMILES string of the molecule is CC[C@H]1CCC[C@H](O[C@H]2CC[C@H](N(C)C)C(C)O2)[C@@H](C)C(=O)C2=C[C@H]3[C@@H]4C[C@H](O[C@@H]5OC(C)[C@H](OC)C(OC)[C@@H]5OC)C[C@H]4C(Br)C(=O)[C@H]3[C@@H]2CC(=O)O1. The Kier molecular flexibility index (Phi) is 14.2. The second-order valence-corrected chi connectivity index (χ2v) is 17.9. The van der Waals surface area contributed by atoms with Gasteiger partial charge in [-0.1, -0.05) is 35.9 Å². The number of hydrogen-bond donors (Lipinski definition) is 0. The molecule has 4 unspecified atom stereocenters. The smallest absolute Gasteiger partial charge is 0.306 e. The van der Waals surface area contributed by atoms with Gasteiger partial charge in [0, 0.05) is 45.1 Å². The summed E-state index contributed by atoms with van der Waals surface area (Å²) in [6.07, 6.45) is 4.40. The number of alkyl halides is 1. The van der Waals surface area contributed by atoms with Crippen molar-refractivity contribution < 1.29 is 52.3 Å². The Hall–Kier alpha value is -1.29. The zero-order valence-electron chi connectivity index (χ0n) is 33.6. The summed E-state index contributed by atoms with van der Waals surface area (Å²) in [6.45, 7) is 7.99. The molecule has 306 valence electrons. The Labute approximate surface area is 330 Å². The third-order valence-electron chi connectivity index (χ3n) is 13.6. The quantitative estimate of drug-likeness (QED) is 0.222. The summed E-state index contributed by atoms with van der Waals surface area (Å²) in [7, 11) is 9.01. The number of methoxy groups -OCH3 is 3. The van der Waals surface area contributed by atoms with E-state index in [1.54, 1.807) is 21.3 Å². The average molecular weight is 827 g/mol. The van der Waals surface area contributed by atoms with Crippen LogP contribution in [0.2, 0.25) is 0 Å². The maximum Gasteiger partial charge on any atom is 0.306 e. The van der Waals surface area contributed by atoms with Gasteiger partial charge in [0.25, 0.3) is 0 Å². The van der Waals surface area contributed by atoms with Crippen LogP contribution in [0.1, 0.15) is 85.5 Å². The molecule has 3 saturated heterocycles. The number of halogens is 1. The van der Waals surface area contributed by atoms with Crippen LogP contribution in [-0.4, -0.2) is 130 Å². The summed E-state index contributed by atoms with van der Waals surface area (Å²) in [5, 5.41) is 0. The summed E-state index contributed by atoms with van der Waals surface area (Å²) in [6, 6.07) is 0.304. The maximum absolute atomic E-state index is 14.7. The average Bonchev–Trinajstić information content (AvgIpc) is 3.73. The molecule has 0 spiro atoms. The van der Waals surface area contributed by atoms with E-state index in [0.29, 0.717) is 43.7 Å². The number of rotatable bonds is 9. The predicted octanol–water partition coefficient (Wildman–Crippen LogP) is 5.26. The van der Waals surface area contributed by atoms with Gasteiger partial charge in [-0.05, 0) is 103 Å². The molecule has 0 aromatic heterocycles. The number of cyclic esters (lactones) is 1. The first-order valence-electron chi connectivity index (χ1n) is 20.3. The van der Waals surface area contributed by atoms with Crippen molar-refractivity contribution in [2.75, 3.05) is 35.4 Å². The van der Waals surface area contributed by atoms with E-state index in [4.69, 9.17) is 37.9 Å². The van der Waals surface area contributed by atoms with Gasteiger partial charge in [0.2, 0.25) is 0 Å². The van der Waals surface area contributed by atoms with Crippen LogP contribution in [0.15, 0.2) is 11.6 Å². The van der Waals surface area contributed by atoms with Crippen molar-refractivity contribution >= 4 is 33.5 Å². The van der Waals surface area contributed by atoms with Crippen LogP contribution >= 0.6 is 15.9 Å². The molecular formula is C41H64BrNO11. The zero-order valence-corrected chi connectivity index (χ0v) is 35.2. The van der Waals surface area contributed by atoms with Crippen LogP contribution in [0.25, 0.3) is 0 Å². The fourth-order valence-electron chi connectivity index (χ4n) is 10.7. The number of ketones is 2. The number of fused-ring (bicyclic) bond motifs is 5. The summed E-state index contributed by atoms with van der Waals surface area (Å²) in [5.41, 5.74) is 0.567. The van der Waals surface area contributed by atoms with Gasteiger partial charge in [-0.25, -0.2) is 0 Å². The molecule has 3 heterocycles. The highest BCUT2D eigenvalue weighted by atomic mass is 79.9. The molecule has 5 fully saturated rings. The highest BCUT2D eigenvalue weighted by Crippen LogP contribution is 2.57. The van der Waals surface area contributed by atoms with E-state index in [0.717, 1.165) is 19.3 Å². The first-order valence-corrected chi connectivity index (χ1v) is 21.2. The van der Waals surface area contributed by atoms with Gasteiger partial charge in [-0.2, -0.15) is 0 Å². The molecular weight excluding hydrogens is 762 g/mol. The Bertz CT molecular complexity index is 1360. The number of nitrogens with zero attached hydrogens (tertiary/aromatic N) is 1. The highest BCUT2D eigenvalue weighted by molar-refractivity contribution is 9.10. The first kappa shape index (κ1) is 42.3. The Morgan fingerprint density at radius 3 is 2.20 bits per heavy atom. The van der Waals surface area contributed by atoms with Crippen LogP contribution in [0, 0.1) is 35.5 Å². The number of hydrogen-bond acceptors (Lipinski definition) is 12. The molecule has 13 heteroatoms. The van der Waals surface area contributed by atoms with Crippen LogP contribution < -0.4 is 0 Å². The fourth-order valence-corrected chi connectivity index (χ4v) is 11.6. The van der Waals surface area contributed by atoms with Crippen molar-refractivity contribution in [2.24, 2.45) is 35.5 Å². The molecule has 0 aromatic rings. The lowest BCUT2D eigenvalue weighted by Gasteiger charge is -2.44. The Morgan fingerprint density at radius 2 is 1.56 bits per heavy atom. The lowest BCUT2D eigenvalue weighted by molar-refractivity contribution is -0.314. The van der Waals surface area contributed by atoms with E-state index >= 15 is 0 Å². The molecule has 6 aliphatic rings. The van der Waals surface area contributed by atoms with Gasteiger partial charge in [0.1, 0.15) is 24.4 Å². The molecule has 0 aromatic carbocycles. The van der Waals surface area contributed by atoms with E-state index < -0.39 is 41.3 Å². The van der Waals surface area contributed by atoms with E-state index in [1.807, 2.05) is 26.8 Å². The molecule has 0 radical (unpaired) electrons. The molecule has 0 N–H and O–H groups in total. The summed E-state index contributed by atoms with van der Waals surface area (Å²) < 4.78 is 49.4.